The second-order valence-electron chi connectivity index (χ2n) is 7.60. The lowest BCUT2D eigenvalue weighted by Gasteiger charge is -2.12. The van der Waals surface area contributed by atoms with Crippen LogP contribution in [-0.4, -0.2) is 26.8 Å². The van der Waals surface area contributed by atoms with Crippen molar-refractivity contribution in [1.82, 2.24) is 14.7 Å². The zero-order valence-electron chi connectivity index (χ0n) is 18.5. The SMILES string of the molecule is Cc1cc(Nc2ncc(Cl)c(Nc3ccc4oc(=O)n(OC(=O)C(F)(F)F)c4c3)n2)cc(C)c1C. The normalized spacial score (nSPS) is 11.5. The molecule has 0 saturated carbocycles. The van der Waals surface area contributed by atoms with E-state index in [0.717, 1.165) is 16.8 Å². The number of carbonyl (C=O) groups excluding carboxylic acids is 1. The maximum absolute atomic E-state index is 12.6. The summed E-state index contributed by atoms with van der Waals surface area (Å²) in [5.41, 5.74) is 4.07. The Balaban J connectivity index is 1.63. The molecule has 2 aromatic heterocycles. The molecule has 0 saturated heterocycles. The van der Waals surface area contributed by atoms with Crippen LogP contribution >= 0.6 is 11.6 Å². The van der Waals surface area contributed by atoms with Crippen molar-refractivity contribution in [3.05, 3.63) is 68.8 Å². The Morgan fingerprint density at radius 1 is 1.09 bits per heavy atom. The number of oxazole rings is 1. The molecule has 0 amide bonds. The number of aromatic nitrogens is 3. The number of halogens is 4. The fraction of sp³-hybridized carbons (Fsp3) is 0.182. The van der Waals surface area contributed by atoms with Gasteiger partial charge in [-0.15, -0.1) is 0 Å². The van der Waals surface area contributed by atoms with Crippen LogP contribution in [-0.2, 0) is 4.79 Å². The molecule has 0 atom stereocenters. The lowest BCUT2D eigenvalue weighted by atomic mass is 10.0. The molecule has 0 radical (unpaired) electrons. The summed E-state index contributed by atoms with van der Waals surface area (Å²) in [6.45, 7) is 6.00. The minimum Gasteiger partial charge on any atom is -0.405 e. The van der Waals surface area contributed by atoms with Crippen molar-refractivity contribution in [2.45, 2.75) is 26.9 Å². The molecule has 0 spiro atoms. The summed E-state index contributed by atoms with van der Waals surface area (Å²) in [6, 6.07) is 7.91. The van der Waals surface area contributed by atoms with Gasteiger partial charge in [0.15, 0.2) is 11.4 Å². The zero-order valence-corrected chi connectivity index (χ0v) is 19.2. The molecule has 0 aliphatic heterocycles. The first-order chi connectivity index (χ1) is 16.4. The van der Waals surface area contributed by atoms with E-state index in [0.29, 0.717) is 0 Å². The van der Waals surface area contributed by atoms with Crippen molar-refractivity contribution in [3.63, 3.8) is 0 Å². The smallest absolute Gasteiger partial charge is 0.405 e. The summed E-state index contributed by atoms with van der Waals surface area (Å²) < 4.78 is 42.7. The molecule has 13 heteroatoms. The third-order valence-corrected chi connectivity index (χ3v) is 5.41. The molecule has 0 aliphatic carbocycles. The Morgan fingerprint density at radius 2 is 1.77 bits per heavy atom. The topological polar surface area (TPSA) is 111 Å². The number of carbonyl (C=O) groups is 1. The van der Waals surface area contributed by atoms with Crippen molar-refractivity contribution in [2.24, 2.45) is 0 Å². The van der Waals surface area contributed by atoms with E-state index in [1.165, 1.54) is 30.0 Å². The first kappa shape index (κ1) is 24.1. The number of aryl methyl sites for hydroxylation is 2. The van der Waals surface area contributed by atoms with Crippen LogP contribution < -0.4 is 21.2 Å². The highest BCUT2D eigenvalue weighted by molar-refractivity contribution is 6.32. The average Bonchev–Trinajstić information content (AvgIpc) is 3.08. The number of anilines is 4. The van der Waals surface area contributed by atoms with Crippen molar-refractivity contribution < 1.29 is 27.2 Å². The quantitative estimate of drug-likeness (QED) is 0.389. The van der Waals surface area contributed by atoms with E-state index >= 15 is 0 Å². The number of benzene rings is 2. The highest BCUT2D eigenvalue weighted by Crippen LogP contribution is 2.28. The van der Waals surface area contributed by atoms with Gasteiger partial charge in [0.25, 0.3) is 0 Å². The monoisotopic (exact) mass is 507 g/mol. The van der Waals surface area contributed by atoms with Gasteiger partial charge in [0.05, 0.1) is 6.20 Å². The molecule has 2 aromatic carbocycles. The van der Waals surface area contributed by atoms with Gasteiger partial charge >= 0.3 is 17.9 Å². The van der Waals surface area contributed by atoms with Gasteiger partial charge in [0.1, 0.15) is 10.5 Å². The van der Waals surface area contributed by atoms with E-state index in [1.54, 1.807) is 0 Å². The van der Waals surface area contributed by atoms with Gasteiger partial charge in [-0.05, 0) is 67.8 Å². The first-order valence-corrected chi connectivity index (χ1v) is 10.4. The molecule has 2 heterocycles. The molecule has 0 unspecified atom stereocenters. The Bertz CT molecular complexity index is 1490. The fourth-order valence-corrected chi connectivity index (χ4v) is 3.32. The van der Waals surface area contributed by atoms with Crippen LogP contribution in [0.2, 0.25) is 5.02 Å². The number of fused-ring (bicyclic) bond motifs is 1. The number of nitrogens with one attached hydrogen (secondary N) is 2. The van der Waals surface area contributed by atoms with Crippen LogP contribution in [0.15, 0.2) is 45.7 Å². The second-order valence-corrected chi connectivity index (χ2v) is 8.00. The largest absolute Gasteiger partial charge is 0.493 e. The Morgan fingerprint density at radius 3 is 2.43 bits per heavy atom. The summed E-state index contributed by atoms with van der Waals surface area (Å²) in [5, 5.41) is 6.15. The minimum absolute atomic E-state index is 0.100. The number of alkyl halides is 3. The number of hydrogen-bond acceptors (Lipinski definition) is 8. The van der Waals surface area contributed by atoms with Crippen LogP contribution in [0.1, 0.15) is 16.7 Å². The molecule has 4 aromatic rings. The van der Waals surface area contributed by atoms with Crippen LogP contribution in [0.4, 0.5) is 36.3 Å². The Labute approximate surface area is 200 Å². The summed E-state index contributed by atoms with van der Waals surface area (Å²) >= 11 is 6.21. The Hall–Kier alpha value is -4.06. The number of hydrogen-bond donors (Lipinski definition) is 2. The number of nitrogens with zero attached hydrogens (tertiary/aromatic N) is 3. The van der Waals surface area contributed by atoms with Crippen LogP contribution in [0.5, 0.6) is 0 Å². The predicted molar refractivity (Wildman–Crippen MR) is 122 cm³/mol. The number of rotatable bonds is 5. The van der Waals surface area contributed by atoms with Crippen LogP contribution in [0.25, 0.3) is 11.1 Å². The van der Waals surface area contributed by atoms with Gasteiger partial charge in [-0.3, -0.25) is 0 Å². The van der Waals surface area contributed by atoms with Gasteiger partial charge in [-0.2, -0.15) is 18.2 Å². The lowest BCUT2D eigenvalue weighted by molar-refractivity contribution is -0.200. The van der Waals surface area contributed by atoms with E-state index in [4.69, 9.17) is 16.0 Å². The summed E-state index contributed by atoms with van der Waals surface area (Å²) in [4.78, 5) is 35.7. The van der Waals surface area contributed by atoms with E-state index < -0.39 is 17.9 Å². The van der Waals surface area contributed by atoms with Crippen molar-refractivity contribution in [2.75, 3.05) is 10.6 Å². The average molecular weight is 508 g/mol. The van der Waals surface area contributed by atoms with Crippen molar-refractivity contribution in [3.8, 4) is 0 Å². The third kappa shape index (κ3) is 5.06. The summed E-state index contributed by atoms with van der Waals surface area (Å²) in [6.07, 6.45) is -3.93. The predicted octanol–water partition coefficient (Wildman–Crippen LogP) is 4.97. The maximum Gasteiger partial charge on any atom is 0.493 e. The second kappa shape index (κ2) is 8.95. The first-order valence-electron chi connectivity index (χ1n) is 10.0. The summed E-state index contributed by atoms with van der Waals surface area (Å²) in [7, 11) is 0. The highest BCUT2D eigenvalue weighted by Gasteiger charge is 2.42. The van der Waals surface area contributed by atoms with E-state index in [9.17, 15) is 22.8 Å². The zero-order chi connectivity index (χ0) is 25.5. The highest BCUT2D eigenvalue weighted by atomic mass is 35.5. The molecule has 2 N–H and O–H groups in total. The molecular weight excluding hydrogens is 491 g/mol. The van der Waals surface area contributed by atoms with E-state index in [1.807, 2.05) is 32.9 Å². The van der Waals surface area contributed by atoms with Gasteiger partial charge in [0, 0.05) is 11.4 Å². The van der Waals surface area contributed by atoms with Crippen molar-refractivity contribution >= 4 is 51.8 Å². The standard InChI is InChI=1S/C22H17ClF3N5O4/c1-10-6-14(7-11(2)12(10)3)29-20-27-9-15(23)18(30-20)28-13-4-5-17-16(8-13)31(21(33)34-17)35-19(32)22(24,25)26/h4-9H,1-3H3,(H2,27,28,29,30). The molecule has 35 heavy (non-hydrogen) atoms. The molecule has 0 bridgehead atoms. The van der Waals surface area contributed by atoms with Gasteiger partial charge < -0.3 is 19.9 Å². The van der Waals surface area contributed by atoms with E-state index in [2.05, 4.69) is 25.4 Å². The van der Waals surface area contributed by atoms with Crippen molar-refractivity contribution in [1.29, 1.82) is 0 Å². The fourth-order valence-electron chi connectivity index (χ4n) is 3.18. The molecule has 9 nitrogen and oxygen atoms in total. The van der Waals surface area contributed by atoms with E-state index in [-0.39, 0.29) is 38.3 Å². The van der Waals surface area contributed by atoms with Crippen LogP contribution in [0.3, 0.4) is 0 Å². The molecule has 4 rings (SSSR count). The minimum atomic E-state index is -5.30. The molecule has 182 valence electrons. The van der Waals surface area contributed by atoms with Gasteiger partial charge in [0.2, 0.25) is 5.95 Å². The Kier molecular flexibility index (Phi) is 6.15. The maximum atomic E-state index is 12.6. The molecule has 0 fully saturated rings. The third-order valence-electron chi connectivity index (χ3n) is 5.14. The molecule has 0 aliphatic rings. The molecular formula is C22H17ClF3N5O4. The lowest BCUT2D eigenvalue weighted by Crippen LogP contribution is -2.36. The summed E-state index contributed by atoms with van der Waals surface area (Å²) in [5.74, 6) is -3.46. The van der Waals surface area contributed by atoms with Crippen LogP contribution in [0, 0.1) is 20.8 Å². The van der Waals surface area contributed by atoms with Gasteiger partial charge in [-0.25, -0.2) is 14.6 Å². The van der Waals surface area contributed by atoms with Gasteiger partial charge in [-0.1, -0.05) is 16.3 Å².